The molecule has 7 heteroatoms. The number of aromatic amines is 1. The monoisotopic (exact) mass is 338 g/mol. The van der Waals surface area contributed by atoms with E-state index in [9.17, 15) is 8.42 Å². The Bertz CT molecular complexity index is 564. The minimum atomic E-state index is -3.11. The summed E-state index contributed by atoms with van der Waals surface area (Å²) in [5.41, 5.74) is 0.902. The van der Waals surface area contributed by atoms with Gasteiger partial charge in [0.05, 0.1) is 4.47 Å². The van der Waals surface area contributed by atoms with Gasteiger partial charge in [0.1, 0.15) is 16.2 Å². The van der Waals surface area contributed by atoms with Crippen molar-refractivity contribution in [3.05, 3.63) is 20.6 Å². The van der Waals surface area contributed by atoms with Gasteiger partial charge in [-0.2, -0.15) is 0 Å². The first-order chi connectivity index (χ1) is 7.69. The van der Waals surface area contributed by atoms with Gasteiger partial charge in [0.2, 0.25) is 0 Å². The van der Waals surface area contributed by atoms with Crippen LogP contribution in [0.4, 0.5) is 0 Å². The van der Waals surface area contributed by atoms with Crippen LogP contribution in [0.5, 0.6) is 0 Å². The first-order valence-electron chi connectivity index (χ1n) is 5.14. The lowest BCUT2D eigenvalue weighted by atomic mass is 10.1. The molecule has 4 nitrogen and oxygen atoms in total. The van der Waals surface area contributed by atoms with E-state index in [4.69, 9.17) is 12.2 Å². The zero-order valence-electron chi connectivity index (χ0n) is 9.95. The molecule has 17 heavy (non-hydrogen) atoms. The van der Waals surface area contributed by atoms with Crippen LogP contribution in [0.15, 0.2) is 4.47 Å². The molecule has 1 N–H and O–H groups in total. The van der Waals surface area contributed by atoms with Gasteiger partial charge in [-0.05, 0) is 28.3 Å². The molecule has 1 heterocycles. The minimum absolute atomic E-state index is 0.116. The summed E-state index contributed by atoms with van der Waals surface area (Å²) in [5.74, 6) is 0.733. The molecule has 0 atom stereocenters. The van der Waals surface area contributed by atoms with Crippen molar-refractivity contribution in [3.8, 4) is 0 Å². The van der Waals surface area contributed by atoms with E-state index in [1.165, 1.54) is 6.26 Å². The Balaban J connectivity index is 3.19. The molecule has 0 aromatic carbocycles. The predicted octanol–water partition coefficient (Wildman–Crippen LogP) is 2.64. The fourth-order valence-corrected chi connectivity index (χ4v) is 2.64. The summed E-state index contributed by atoms with van der Waals surface area (Å²) in [6.07, 6.45) is 1.97. The van der Waals surface area contributed by atoms with Gasteiger partial charge < -0.3 is 4.98 Å². The second-order valence-electron chi connectivity index (χ2n) is 4.45. The van der Waals surface area contributed by atoms with Crippen molar-refractivity contribution in [1.29, 1.82) is 0 Å². The predicted molar refractivity (Wildman–Crippen MR) is 74.2 cm³/mol. The summed E-state index contributed by atoms with van der Waals surface area (Å²) in [6, 6.07) is 0. The quantitative estimate of drug-likeness (QED) is 0.857. The van der Waals surface area contributed by atoms with Crippen molar-refractivity contribution in [3.63, 3.8) is 0 Å². The number of nitrogens with one attached hydrogen (secondary N) is 1. The average Bonchev–Trinajstić information content (AvgIpc) is 2.09. The van der Waals surface area contributed by atoms with Gasteiger partial charge in [-0.25, -0.2) is 13.4 Å². The maximum atomic E-state index is 11.2. The molecule has 0 spiro atoms. The van der Waals surface area contributed by atoms with Gasteiger partial charge in [-0.3, -0.25) is 0 Å². The molecule has 0 unspecified atom stereocenters. The molecule has 1 rings (SSSR count). The number of rotatable bonds is 4. The van der Waals surface area contributed by atoms with Crippen molar-refractivity contribution in [2.75, 3.05) is 6.26 Å². The van der Waals surface area contributed by atoms with Crippen LogP contribution in [0.25, 0.3) is 0 Å². The van der Waals surface area contributed by atoms with Crippen molar-refractivity contribution in [2.24, 2.45) is 5.92 Å². The average molecular weight is 339 g/mol. The number of halogens is 1. The summed E-state index contributed by atoms with van der Waals surface area (Å²) in [7, 11) is -3.11. The molecule has 1 aromatic rings. The van der Waals surface area contributed by atoms with Gasteiger partial charge in [-0.1, -0.05) is 26.1 Å². The lowest BCUT2D eigenvalue weighted by Gasteiger charge is -2.10. The summed E-state index contributed by atoms with van der Waals surface area (Å²) >= 11 is 8.47. The van der Waals surface area contributed by atoms with Gasteiger partial charge in [0.25, 0.3) is 0 Å². The molecule has 0 aliphatic carbocycles. The number of H-pyrrole nitrogens is 1. The van der Waals surface area contributed by atoms with Crippen LogP contribution in [0.3, 0.4) is 0 Å². The van der Waals surface area contributed by atoms with E-state index < -0.39 is 9.84 Å². The van der Waals surface area contributed by atoms with Crippen molar-refractivity contribution in [2.45, 2.75) is 26.0 Å². The van der Waals surface area contributed by atoms with E-state index in [0.717, 1.165) is 16.6 Å². The van der Waals surface area contributed by atoms with Gasteiger partial charge in [0.15, 0.2) is 9.84 Å². The van der Waals surface area contributed by atoms with Crippen LogP contribution in [0.2, 0.25) is 0 Å². The fraction of sp³-hybridized carbons (Fsp3) is 0.600. The third kappa shape index (κ3) is 4.85. The van der Waals surface area contributed by atoms with Crippen LogP contribution >= 0.6 is 28.1 Å². The molecule has 0 bridgehead atoms. The highest BCUT2D eigenvalue weighted by molar-refractivity contribution is 9.10. The molecule has 0 amide bonds. The molecule has 0 saturated heterocycles. The SMILES string of the molecule is CC(C)Cc1[nH]c(CS(C)(=O)=O)nc(=S)c1Br. The van der Waals surface area contributed by atoms with Gasteiger partial charge in [-0.15, -0.1) is 0 Å². The van der Waals surface area contributed by atoms with E-state index in [1.807, 2.05) is 0 Å². The molecular weight excluding hydrogens is 324 g/mol. The Kier molecular flexibility index (Phi) is 4.86. The van der Waals surface area contributed by atoms with E-state index in [0.29, 0.717) is 16.4 Å². The van der Waals surface area contributed by atoms with Crippen LogP contribution in [0, 0.1) is 10.6 Å². The van der Waals surface area contributed by atoms with Gasteiger partial charge >= 0.3 is 0 Å². The third-order valence-electron chi connectivity index (χ3n) is 2.00. The maximum Gasteiger partial charge on any atom is 0.154 e. The standard InChI is InChI=1S/C10H15BrN2O2S2/c1-6(2)4-7-9(11)10(16)13-8(12-7)5-17(3,14)15/h6H,4-5H2,1-3H3,(H,12,13,16). The van der Waals surface area contributed by atoms with Gasteiger partial charge in [0, 0.05) is 11.9 Å². The van der Waals surface area contributed by atoms with Crippen LogP contribution < -0.4 is 0 Å². The molecule has 0 aliphatic heterocycles. The summed E-state index contributed by atoms with van der Waals surface area (Å²) in [5, 5.41) is 0. The Morgan fingerprint density at radius 1 is 1.47 bits per heavy atom. The maximum absolute atomic E-state index is 11.2. The number of hydrogen-bond donors (Lipinski definition) is 1. The highest BCUT2D eigenvalue weighted by Crippen LogP contribution is 2.19. The Hall–Kier alpha value is -0.270. The molecule has 0 radical (unpaired) electrons. The molecule has 0 aliphatic rings. The van der Waals surface area contributed by atoms with Crippen molar-refractivity contribution >= 4 is 38.0 Å². The highest BCUT2D eigenvalue weighted by atomic mass is 79.9. The van der Waals surface area contributed by atoms with E-state index in [-0.39, 0.29) is 5.75 Å². The highest BCUT2D eigenvalue weighted by Gasteiger charge is 2.11. The Morgan fingerprint density at radius 3 is 2.53 bits per heavy atom. The molecule has 0 fully saturated rings. The smallest absolute Gasteiger partial charge is 0.154 e. The van der Waals surface area contributed by atoms with Crippen LogP contribution in [-0.2, 0) is 22.0 Å². The van der Waals surface area contributed by atoms with E-state index in [1.54, 1.807) is 0 Å². The first-order valence-corrected chi connectivity index (χ1v) is 8.40. The number of sulfone groups is 1. The van der Waals surface area contributed by atoms with Crippen LogP contribution in [0.1, 0.15) is 25.4 Å². The molecule has 96 valence electrons. The second-order valence-corrected chi connectivity index (χ2v) is 7.77. The zero-order valence-corrected chi connectivity index (χ0v) is 13.2. The number of aromatic nitrogens is 2. The summed E-state index contributed by atoms with van der Waals surface area (Å²) in [4.78, 5) is 7.10. The Morgan fingerprint density at radius 2 is 2.06 bits per heavy atom. The van der Waals surface area contributed by atoms with Crippen molar-refractivity contribution in [1.82, 2.24) is 9.97 Å². The largest absolute Gasteiger partial charge is 0.345 e. The number of nitrogens with zero attached hydrogens (tertiary/aromatic N) is 1. The van der Waals surface area contributed by atoms with Crippen molar-refractivity contribution < 1.29 is 8.42 Å². The topological polar surface area (TPSA) is 62.8 Å². The lowest BCUT2D eigenvalue weighted by Crippen LogP contribution is -2.09. The second kappa shape index (κ2) is 5.58. The minimum Gasteiger partial charge on any atom is -0.345 e. The third-order valence-corrected chi connectivity index (χ3v) is 4.21. The molecule has 1 aromatic heterocycles. The summed E-state index contributed by atoms with van der Waals surface area (Å²) in [6.45, 7) is 4.17. The molecule has 0 saturated carbocycles. The fourth-order valence-electron chi connectivity index (χ4n) is 1.42. The van der Waals surface area contributed by atoms with Crippen LogP contribution in [-0.4, -0.2) is 24.6 Å². The zero-order chi connectivity index (χ0) is 13.2. The van der Waals surface area contributed by atoms with E-state index in [2.05, 4.69) is 39.7 Å². The normalized spacial score (nSPS) is 12.1. The Labute approximate surface area is 115 Å². The molecular formula is C10H15BrN2O2S2. The van der Waals surface area contributed by atoms with E-state index >= 15 is 0 Å². The summed E-state index contributed by atoms with van der Waals surface area (Å²) < 4.78 is 23.6. The number of hydrogen-bond acceptors (Lipinski definition) is 4. The lowest BCUT2D eigenvalue weighted by molar-refractivity contribution is 0.598. The first kappa shape index (κ1) is 14.8.